The van der Waals surface area contributed by atoms with Crippen LogP contribution in [0.25, 0.3) is 0 Å². The number of urea groups is 1. The molecule has 1 aliphatic heterocycles. The van der Waals surface area contributed by atoms with Crippen molar-refractivity contribution in [2.24, 2.45) is 5.92 Å². The number of esters is 1. The highest BCUT2D eigenvalue weighted by Crippen LogP contribution is 2.17. The summed E-state index contributed by atoms with van der Waals surface area (Å²) < 4.78 is 4.65. The van der Waals surface area contributed by atoms with E-state index in [2.05, 4.69) is 10.1 Å². The van der Waals surface area contributed by atoms with Crippen LogP contribution in [0.4, 0.5) is 4.79 Å². The first-order valence-electron chi connectivity index (χ1n) is 6.46. The number of aliphatic carboxylic acids is 1. The summed E-state index contributed by atoms with van der Waals surface area (Å²) in [4.78, 5) is 35.7. The van der Waals surface area contributed by atoms with Crippen molar-refractivity contribution in [2.45, 2.75) is 25.3 Å². The van der Waals surface area contributed by atoms with E-state index in [0.29, 0.717) is 19.4 Å². The molecule has 114 valence electrons. The first-order valence-corrected chi connectivity index (χ1v) is 6.46. The summed E-state index contributed by atoms with van der Waals surface area (Å²) in [6, 6.07) is -1.68. The smallest absolute Gasteiger partial charge is 0.326 e. The molecule has 2 atom stereocenters. The van der Waals surface area contributed by atoms with Gasteiger partial charge in [-0.05, 0) is 12.8 Å². The van der Waals surface area contributed by atoms with Crippen molar-refractivity contribution in [3.8, 4) is 0 Å². The molecule has 0 radical (unpaired) electrons. The van der Waals surface area contributed by atoms with Gasteiger partial charge in [0.15, 0.2) is 0 Å². The van der Waals surface area contributed by atoms with E-state index in [0.717, 1.165) is 0 Å². The lowest BCUT2D eigenvalue weighted by molar-refractivity contribution is -0.147. The number of amides is 2. The Balaban J connectivity index is 2.57. The highest BCUT2D eigenvalue weighted by Gasteiger charge is 2.30. The lowest BCUT2D eigenvalue weighted by Gasteiger charge is -2.32. The zero-order valence-corrected chi connectivity index (χ0v) is 11.4. The van der Waals surface area contributed by atoms with Crippen LogP contribution in [0.5, 0.6) is 0 Å². The van der Waals surface area contributed by atoms with Gasteiger partial charge in [-0.2, -0.15) is 0 Å². The van der Waals surface area contributed by atoms with E-state index < -0.39 is 18.0 Å². The van der Waals surface area contributed by atoms with Gasteiger partial charge in [0, 0.05) is 26.1 Å². The number of hydrogen-bond donors (Lipinski definition) is 3. The molecule has 1 saturated heterocycles. The molecule has 0 aliphatic carbocycles. The zero-order chi connectivity index (χ0) is 15.1. The molecule has 0 bridgehead atoms. The third-order valence-corrected chi connectivity index (χ3v) is 3.26. The Kier molecular flexibility index (Phi) is 6.23. The maximum Gasteiger partial charge on any atom is 0.326 e. The molecular formula is C12H20N2O6. The molecule has 8 nitrogen and oxygen atoms in total. The minimum absolute atomic E-state index is 0.0602. The molecule has 2 amide bonds. The molecule has 1 aliphatic rings. The molecule has 0 spiro atoms. The third kappa shape index (κ3) is 4.37. The van der Waals surface area contributed by atoms with Crippen molar-refractivity contribution >= 4 is 18.0 Å². The van der Waals surface area contributed by atoms with Crippen molar-refractivity contribution in [2.75, 3.05) is 26.8 Å². The third-order valence-electron chi connectivity index (χ3n) is 3.26. The van der Waals surface area contributed by atoms with Crippen LogP contribution in [0.3, 0.4) is 0 Å². The van der Waals surface area contributed by atoms with Gasteiger partial charge >= 0.3 is 18.0 Å². The number of aliphatic hydroxyl groups is 1. The predicted octanol–water partition coefficient (Wildman–Crippen LogP) is -0.583. The van der Waals surface area contributed by atoms with Crippen LogP contribution in [0.2, 0.25) is 0 Å². The maximum atomic E-state index is 12.0. The van der Waals surface area contributed by atoms with Gasteiger partial charge in [0.2, 0.25) is 0 Å². The van der Waals surface area contributed by atoms with Crippen molar-refractivity contribution in [1.29, 1.82) is 0 Å². The van der Waals surface area contributed by atoms with Gasteiger partial charge in [-0.1, -0.05) is 0 Å². The van der Waals surface area contributed by atoms with Gasteiger partial charge in [-0.15, -0.1) is 0 Å². The largest absolute Gasteiger partial charge is 0.480 e. The summed E-state index contributed by atoms with van der Waals surface area (Å²) in [6.45, 7) is 0.344. The average molecular weight is 288 g/mol. The Bertz CT molecular complexity index is 373. The number of piperidine rings is 1. The van der Waals surface area contributed by atoms with Crippen LogP contribution in [0.15, 0.2) is 0 Å². The molecule has 20 heavy (non-hydrogen) atoms. The van der Waals surface area contributed by atoms with Crippen molar-refractivity contribution < 1.29 is 29.3 Å². The van der Waals surface area contributed by atoms with Crippen molar-refractivity contribution in [3.05, 3.63) is 0 Å². The molecule has 3 N–H and O–H groups in total. The number of carboxylic acids is 1. The number of rotatable bonds is 5. The first-order chi connectivity index (χ1) is 9.49. The van der Waals surface area contributed by atoms with E-state index in [4.69, 9.17) is 10.2 Å². The number of carboxylic acid groups (broad SMARTS) is 1. The molecule has 8 heteroatoms. The Hall–Kier alpha value is -1.83. The average Bonchev–Trinajstić information content (AvgIpc) is 2.45. The van der Waals surface area contributed by atoms with Gasteiger partial charge in [0.05, 0.1) is 13.0 Å². The molecule has 1 heterocycles. The molecular weight excluding hydrogens is 268 g/mol. The highest BCUT2D eigenvalue weighted by molar-refractivity contribution is 5.83. The fourth-order valence-electron chi connectivity index (χ4n) is 2.15. The van der Waals surface area contributed by atoms with E-state index in [1.165, 1.54) is 12.0 Å². The fraction of sp³-hybridized carbons (Fsp3) is 0.750. The molecule has 1 rings (SSSR count). The van der Waals surface area contributed by atoms with Crippen LogP contribution in [0, 0.1) is 5.92 Å². The highest BCUT2D eigenvalue weighted by atomic mass is 16.5. The number of hydrogen-bond acceptors (Lipinski definition) is 5. The topological polar surface area (TPSA) is 116 Å². The molecule has 0 aromatic heterocycles. The monoisotopic (exact) mass is 288 g/mol. The van der Waals surface area contributed by atoms with Crippen LogP contribution in [-0.2, 0) is 14.3 Å². The van der Waals surface area contributed by atoms with Crippen LogP contribution < -0.4 is 5.32 Å². The summed E-state index contributed by atoms with van der Waals surface area (Å²) in [5.74, 6) is -1.94. The maximum absolute atomic E-state index is 12.0. The number of nitrogens with zero attached hydrogens (tertiary/aromatic N) is 1. The molecule has 0 aromatic carbocycles. The number of ether oxygens (including phenoxy) is 1. The Morgan fingerprint density at radius 2 is 2.15 bits per heavy atom. The number of carbonyl (C=O) groups is 3. The minimum Gasteiger partial charge on any atom is -0.480 e. The van der Waals surface area contributed by atoms with E-state index in [1.54, 1.807) is 0 Å². The van der Waals surface area contributed by atoms with Gasteiger partial charge < -0.3 is 25.2 Å². The van der Waals surface area contributed by atoms with Crippen LogP contribution in [-0.4, -0.2) is 65.9 Å². The quantitative estimate of drug-likeness (QED) is 0.583. The normalized spacial score (nSPS) is 20.1. The van der Waals surface area contributed by atoms with Gasteiger partial charge in [0.25, 0.3) is 0 Å². The number of nitrogens with one attached hydrogen (secondary N) is 1. The van der Waals surface area contributed by atoms with Crippen LogP contribution >= 0.6 is 0 Å². The minimum atomic E-state index is -1.20. The Morgan fingerprint density at radius 1 is 1.45 bits per heavy atom. The predicted molar refractivity (Wildman–Crippen MR) is 68.0 cm³/mol. The second kappa shape index (κ2) is 7.68. The summed E-state index contributed by atoms with van der Waals surface area (Å²) in [5, 5.41) is 20.0. The second-order valence-corrected chi connectivity index (χ2v) is 4.66. The number of carbonyl (C=O) groups excluding carboxylic acids is 2. The molecule has 0 aromatic rings. The zero-order valence-electron chi connectivity index (χ0n) is 11.4. The first kappa shape index (κ1) is 16.2. The lowest BCUT2D eigenvalue weighted by atomic mass is 9.98. The SMILES string of the molecule is COC(=O)C1CCCN(C(=O)N[C@H](CCO)C(=O)O)C1. The van der Waals surface area contributed by atoms with Crippen LogP contribution in [0.1, 0.15) is 19.3 Å². The summed E-state index contributed by atoms with van der Waals surface area (Å²) >= 11 is 0. The molecule has 0 saturated carbocycles. The Labute approximate surface area is 116 Å². The number of likely N-dealkylation sites (tertiary alicyclic amines) is 1. The van der Waals surface area contributed by atoms with E-state index in [9.17, 15) is 14.4 Å². The van der Waals surface area contributed by atoms with E-state index in [1.807, 2.05) is 0 Å². The number of methoxy groups -OCH3 is 1. The van der Waals surface area contributed by atoms with Gasteiger partial charge in [-0.3, -0.25) is 4.79 Å². The number of aliphatic hydroxyl groups excluding tert-OH is 1. The Morgan fingerprint density at radius 3 is 2.70 bits per heavy atom. The van der Waals surface area contributed by atoms with E-state index in [-0.39, 0.29) is 31.5 Å². The van der Waals surface area contributed by atoms with Gasteiger partial charge in [0.1, 0.15) is 6.04 Å². The van der Waals surface area contributed by atoms with Gasteiger partial charge in [-0.25, -0.2) is 9.59 Å². The second-order valence-electron chi connectivity index (χ2n) is 4.66. The molecule has 1 fully saturated rings. The summed E-state index contributed by atoms with van der Waals surface area (Å²) in [6.07, 6.45) is 1.25. The molecule has 1 unspecified atom stereocenters. The van der Waals surface area contributed by atoms with E-state index >= 15 is 0 Å². The summed E-state index contributed by atoms with van der Waals surface area (Å²) in [7, 11) is 1.29. The fourth-order valence-corrected chi connectivity index (χ4v) is 2.15. The lowest BCUT2D eigenvalue weighted by Crippen LogP contribution is -2.51. The summed E-state index contributed by atoms with van der Waals surface area (Å²) in [5.41, 5.74) is 0. The standard InChI is InChI=1S/C12H20N2O6/c1-20-11(18)8-3-2-5-14(7-8)12(19)13-9(4-6-15)10(16)17/h8-9,15H,2-7H2,1H3,(H,13,19)(H,16,17)/t8?,9-/m1/s1. The van der Waals surface area contributed by atoms with Crippen molar-refractivity contribution in [1.82, 2.24) is 10.2 Å². The van der Waals surface area contributed by atoms with Crippen molar-refractivity contribution in [3.63, 3.8) is 0 Å².